The molecule has 2 N–H and O–H groups in total. The maximum absolute atomic E-state index is 12.3. The van der Waals surface area contributed by atoms with E-state index in [4.69, 9.17) is 5.11 Å². The molecule has 1 aromatic carbocycles. The van der Waals surface area contributed by atoms with Gasteiger partial charge >= 0.3 is 5.97 Å². The van der Waals surface area contributed by atoms with Crippen molar-refractivity contribution in [2.75, 3.05) is 18.9 Å². The van der Waals surface area contributed by atoms with E-state index >= 15 is 0 Å². The molecule has 8 heteroatoms. The van der Waals surface area contributed by atoms with Gasteiger partial charge in [0.05, 0.1) is 11.9 Å². The minimum Gasteiger partial charge on any atom is -0.480 e. The zero-order valence-corrected chi connectivity index (χ0v) is 16.1. The molecule has 0 spiro atoms. The Balaban J connectivity index is 1.85. The predicted molar refractivity (Wildman–Crippen MR) is 106 cm³/mol. The van der Waals surface area contributed by atoms with Crippen LogP contribution in [0.25, 0.3) is 20.7 Å². The topological polar surface area (TPSA) is 95.4 Å². The highest BCUT2D eigenvalue weighted by atomic mass is 32.1. The van der Waals surface area contributed by atoms with Gasteiger partial charge in [0, 0.05) is 11.9 Å². The molecular formula is C19H20N4O3S. The summed E-state index contributed by atoms with van der Waals surface area (Å²) in [5.41, 5.74) is 1.09. The number of rotatable bonds is 6. The summed E-state index contributed by atoms with van der Waals surface area (Å²) >= 11 is 1.56. The molecule has 1 unspecified atom stereocenters. The first-order valence-corrected chi connectivity index (χ1v) is 9.24. The van der Waals surface area contributed by atoms with E-state index in [1.807, 2.05) is 36.4 Å². The Kier molecular flexibility index (Phi) is 5.36. The number of hydrogen-bond acceptors (Lipinski definition) is 6. The van der Waals surface area contributed by atoms with Gasteiger partial charge in [0.25, 0.3) is 0 Å². The Morgan fingerprint density at radius 1 is 1.26 bits per heavy atom. The number of carboxylic acid groups (broad SMARTS) is 1. The largest absolute Gasteiger partial charge is 0.480 e. The smallest absolute Gasteiger partial charge is 0.326 e. The SMILES string of the molecule is Cc1nc(NCC(=O)N(C)C(C)C(=O)O)c2cc(-c3ccccc3)sc2n1. The second-order valence-corrected chi connectivity index (χ2v) is 7.22. The third kappa shape index (κ3) is 4.06. The molecule has 0 saturated heterocycles. The van der Waals surface area contributed by atoms with Crippen molar-refractivity contribution in [3.05, 3.63) is 42.2 Å². The van der Waals surface area contributed by atoms with Crippen LogP contribution in [0.3, 0.4) is 0 Å². The lowest BCUT2D eigenvalue weighted by Gasteiger charge is -2.21. The predicted octanol–water partition coefficient (Wildman–Crippen LogP) is 3.01. The molecule has 0 fully saturated rings. The number of amides is 1. The van der Waals surface area contributed by atoms with E-state index in [0.717, 1.165) is 20.7 Å². The van der Waals surface area contributed by atoms with E-state index in [-0.39, 0.29) is 12.5 Å². The van der Waals surface area contributed by atoms with Crippen molar-refractivity contribution in [1.82, 2.24) is 14.9 Å². The van der Waals surface area contributed by atoms with E-state index in [2.05, 4.69) is 15.3 Å². The van der Waals surface area contributed by atoms with Crippen LogP contribution in [-0.2, 0) is 9.59 Å². The Bertz CT molecular complexity index is 987. The molecule has 0 bridgehead atoms. The summed E-state index contributed by atoms with van der Waals surface area (Å²) in [4.78, 5) is 35.3. The van der Waals surface area contributed by atoms with Crippen molar-refractivity contribution in [2.24, 2.45) is 0 Å². The fourth-order valence-corrected chi connectivity index (χ4v) is 3.66. The molecule has 3 rings (SSSR count). The number of nitrogens with zero attached hydrogens (tertiary/aromatic N) is 3. The van der Waals surface area contributed by atoms with E-state index in [1.54, 1.807) is 18.3 Å². The van der Waals surface area contributed by atoms with Crippen LogP contribution in [0.4, 0.5) is 5.82 Å². The number of fused-ring (bicyclic) bond motifs is 1. The summed E-state index contributed by atoms with van der Waals surface area (Å²) in [5, 5.41) is 12.9. The number of carbonyl (C=O) groups excluding carboxylic acids is 1. The van der Waals surface area contributed by atoms with Crippen molar-refractivity contribution >= 4 is 39.2 Å². The number of nitrogens with one attached hydrogen (secondary N) is 1. The second-order valence-electron chi connectivity index (χ2n) is 6.19. The highest BCUT2D eigenvalue weighted by Gasteiger charge is 2.21. The van der Waals surface area contributed by atoms with Crippen molar-refractivity contribution in [3.8, 4) is 10.4 Å². The normalized spacial score (nSPS) is 12.0. The number of carboxylic acids is 1. The van der Waals surface area contributed by atoms with Gasteiger partial charge in [-0.05, 0) is 25.5 Å². The van der Waals surface area contributed by atoms with Gasteiger partial charge in [-0.2, -0.15) is 0 Å². The van der Waals surface area contributed by atoms with Crippen LogP contribution in [0.1, 0.15) is 12.7 Å². The van der Waals surface area contributed by atoms with Gasteiger partial charge in [0.2, 0.25) is 5.91 Å². The molecule has 2 aromatic heterocycles. The molecule has 0 aliphatic rings. The molecule has 7 nitrogen and oxygen atoms in total. The van der Waals surface area contributed by atoms with Crippen LogP contribution in [0.5, 0.6) is 0 Å². The first kappa shape index (κ1) is 18.8. The quantitative estimate of drug-likeness (QED) is 0.678. The molecule has 1 atom stereocenters. The number of benzene rings is 1. The van der Waals surface area contributed by atoms with Gasteiger partial charge in [-0.1, -0.05) is 30.3 Å². The number of aryl methyl sites for hydroxylation is 1. The molecule has 140 valence electrons. The van der Waals surface area contributed by atoms with Crippen molar-refractivity contribution in [1.29, 1.82) is 0 Å². The van der Waals surface area contributed by atoms with Crippen LogP contribution < -0.4 is 5.32 Å². The van der Waals surface area contributed by atoms with Crippen molar-refractivity contribution in [2.45, 2.75) is 19.9 Å². The zero-order valence-electron chi connectivity index (χ0n) is 15.3. The molecular weight excluding hydrogens is 364 g/mol. The zero-order chi connectivity index (χ0) is 19.6. The summed E-state index contributed by atoms with van der Waals surface area (Å²) in [6.45, 7) is 3.22. The molecule has 0 saturated carbocycles. The standard InChI is InChI=1S/C19H20N4O3S/c1-11(19(25)26)23(3)16(24)10-20-17-14-9-15(13-7-5-4-6-8-13)27-18(14)22-12(2)21-17/h4-9,11H,10H2,1-3H3,(H,25,26)(H,20,21,22). The number of carbonyl (C=O) groups is 2. The van der Waals surface area contributed by atoms with Gasteiger partial charge < -0.3 is 15.3 Å². The van der Waals surface area contributed by atoms with Crippen LogP contribution >= 0.6 is 11.3 Å². The molecule has 1 amide bonds. The number of likely N-dealkylation sites (N-methyl/N-ethyl adjacent to an activating group) is 1. The number of aromatic nitrogens is 2. The number of aliphatic carboxylic acids is 1. The number of hydrogen-bond donors (Lipinski definition) is 2. The highest BCUT2D eigenvalue weighted by molar-refractivity contribution is 7.21. The third-order valence-corrected chi connectivity index (χ3v) is 5.38. The lowest BCUT2D eigenvalue weighted by molar-refractivity contribution is -0.147. The van der Waals surface area contributed by atoms with E-state index in [1.165, 1.54) is 18.9 Å². The Morgan fingerprint density at radius 3 is 2.63 bits per heavy atom. The Hall–Kier alpha value is -3.00. The number of thiophene rings is 1. The minimum absolute atomic E-state index is 0.0454. The van der Waals surface area contributed by atoms with E-state index in [9.17, 15) is 9.59 Å². The van der Waals surface area contributed by atoms with Crippen LogP contribution in [0.2, 0.25) is 0 Å². The van der Waals surface area contributed by atoms with Crippen molar-refractivity contribution in [3.63, 3.8) is 0 Å². The van der Waals surface area contributed by atoms with Crippen molar-refractivity contribution < 1.29 is 14.7 Å². The van der Waals surface area contributed by atoms with Crippen LogP contribution in [0.15, 0.2) is 36.4 Å². The molecule has 0 radical (unpaired) electrons. The molecule has 2 heterocycles. The molecule has 0 aliphatic carbocycles. The molecule has 27 heavy (non-hydrogen) atoms. The average molecular weight is 384 g/mol. The monoisotopic (exact) mass is 384 g/mol. The summed E-state index contributed by atoms with van der Waals surface area (Å²) in [6, 6.07) is 11.1. The average Bonchev–Trinajstić information content (AvgIpc) is 3.09. The summed E-state index contributed by atoms with van der Waals surface area (Å²) < 4.78 is 0. The Morgan fingerprint density at radius 2 is 1.96 bits per heavy atom. The maximum atomic E-state index is 12.3. The minimum atomic E-state index is -1.04. The lowest BCUT2D eigenvalue weighted by Crippen LogP contribution is -2.42. The maximum Gasteiger partial charge on any atom is 0.326 e. The Labute approximate surface area is 160 Å². The van der Waals surface area contributed by atoms with Gasteiger partial charge in [-0.25, -0.2) is 14.8 Å². The van der Waals surface area contributed by atoms with Crippen LogP contribution in [0, 0.1) is 6.92 Å². The lowest BCUT2D eigenvalue weighted by atomic mass is 10.2. The van der Waals surface area contributed by atoms with E-state index < -0.39 is 12.0 Å². The highest BCUT2D eigenvalue weighted by Crippen LogP contribution is 2.35. The number of anilines is 1. The van der Waals surface area contributed by atoms with Gasteiger partial charge in [-0.15, -0.1) is 11.3 Å². The second kappa shape index (κ2) is 7.71. The van der Waals surface area contributed by atoms with Crippen LogP contribution in [-0.4, -0.2) is 51.5 Å². The van der Waals surface area contributed by atoms with E-state index in [0.29, 0.717) is 11.6 Å². The molecule has 3 aromatic rings. The summed E-state index contributed by atoms with van der Waals surface area (Å²) in [7, 11) is 1.47. The first-order chi connectivity index (χ1) is 12.9. The third-order valence-electron chi connectivity index (χ3n) is 4.30. The van der Waals surface area contributed by atoms with Gasteiger partial charge in [-0.3, -0.25) is 4.79 Å². The molecule has 0 aliphatic heterocycles. The van der Waals surface area contributed by atoms with Gasteiger partial charge in [0.15, 0.2) is 0 Å². The van der Waals surface area contributed by atoms with Gasteiger partial charge in [0.1, 0.15) is 22.5 Å². The fourth-order valence-electron chi connectivity index (χ4n) is 2.57. The summed E-state index contributed by atoms with van der Waals surface area (Å²) in [6.07, 6.45) is 0. The fraction of sp³-hybridized carbons (Fsp3) is 0.263. The summed E-state index contributed by atoms with van der Waals surface area (Å²) in [5.74, 6) is -0.198. The first-order valence-electron chi connectivity index (χ1n) is 8.42.